The first-order chi connectivity index (χ1) is 13.9. The Hall–Kier alpha value is -2.87. The van der Waals surface area contributed by atoms with Gasteiger partial charge in [0.1, 0.15) is 17.8 Å². The van der Waals surface area contributed by atoms with E-state index in [-0.39, 0.29) is 11.6 Å². The summed E-state index contributed by atoms with van der Waals surface area (Å²) in [5, 5.41) is 11.4. The smallest absolute Gasteiger partial charge is 0.287 e. The van der Waals surface area contributed by atoms with Crippen LogP contribution in [0.4, 0.5) is 11.5 Å². The van der Waals surface area contributed by atoms with E-state index in [1.807, 2.05) is 28.9 Å². The molecular formula is C20H23ClN4O4. The summed E-state index contributed by atoms with van der Waals surface area (Å²) < 4.78 is 5.74. The average Bonchev–Trinajstić information content (AvgIpc) is 2.72. The number of pyridine rings is 1. The third-order valence-electron chi connectivity index (χ3n) is 4.83. The lowest BCUT2D eigenvalue weighted by atomic mass is 10.2. The molecule has 1 aromatic heterocycles. The van der Waals surface area contributed by atoms with Crippen molar-refractivity contribution in [1.82, 2.24) is 9.88 Å². The number of carbonyl (C=O) groups is 1. The van der Waals surface area contributed by atoms with Crippen molar-refractivity contribution in [3.05, 3.63) is 57.2 Å². The van der Waals surface area contributed by atoms with Gasteiger partial charge in [0.2, 0.25) is 5.91 Å². The van der Waals surface area contributed by atoms with Gasteiger partial charge >= 0.3 is 0 Å². The van der Waals surface area contributed by atoms with Gasteiger partial charge in [-0.2, -0.15) is 0 Å². The fourth-order valence-electron chi connectivity index (χ4n) is 3.20. The summed E-state index contributed by atoms with van der Waals surface area (Å²) in [6, 6.07) is 8.56. The minimum Gasteiger partial charge on any atom is -0.493 e. The molecule has 2 heterocycles. The van der Waals surface area contributed by atoms with Crippen LogP contribution in [0.25, 0.3) is 0 Å². The predicted octanol–water partition coefficient (Wildman–Crippen LogP) is 3.46. The van der Waals surface area contributed by atoms with E-state index in [1.54, 1.807) is 12.1 Å². The average molecular weight is 419 g/mol. The molecule has 3 rings (SSSR count). The Kier molecular flexibility index (Phi) is 6.87. The van der Waals surface area contributed by atoms with Crippen LogP contribution in [0.15, 0.2) is 36.5 Å². The van der Waals surface area contributed by atoms with Crippen molar-refractivity contribution in [2.24, 2.45) is 0 Å². The lowest BCUT2D eigenvalue weighted by molar-refractivity contribution is -0.385. The zero-order chi connectivity index (χ0) is 20.8. The highest BCUT2D eigenvalue weighted by Gasteiger charge is 2.22. The largest absolute Gasteiger partial charge is 0.493 e. The molecule has 1 amide bonds. The minimum absolute atomic E-state index is 0.0291. The summed E-state index contributed by atoms with van der Waals surface area (Å²) in [6.45, 7) is 4.92. The molecule has 0 saturated carbocycles. The number of rotatable bonds is 7. The quantitative estimate of drug-likeness (QED) is 0.388. The number of carbonyl (C=O) groups excluding carboxylic acids is 1. The Morgan fingerprint density at radius 1 is 1.24 bits per heavy atom. The second-order valence-electron chi connectivity index (χ2n) is 6.86. The van der Waals surface area contributed by atoms with Crippen LogP contribution < -0.4 is 9.64 Å². The molecule has 0 atom stereocenters. The third-order valence-corrected chi connectivity index (χ3v) is 5.06. The van der Waals surface area contributed by atoms with Crippen LogP contribution in [-0.4, -0.2) is 53.5 Å². The molecule has 1 aromatic carbocycles. The molecule has 0 N–H and O–H groups in total. The molecule has 2 aromatic rings. The molecule has 0 aliphatic carbocycles. The Bertz CT molecular complexity index is 867. The number of aromatic nitrogens is 1. The highest BCUT2D eigenvalue weighted by atomic mass is 35.5. The monoisotopic (exact) mass is 418 g/mol. The third kappa shape index (κ3) is 5.57. The maximum atomic E-state index is 12.4. The molecular weight excluding hydrogens is 396 g/mol. The van der Waals surface area contributed by atoms with Gasteiger partial charge in [0.15, 0.2) is 0 Å². The van der Waals surface area contributed by atoms with Crippen molar-refractivity contribution >= 4 is 29.0 Å². The van der Waals surface area contributed by atoms with Gasteiger partial charge in [0, 0.05) is 43.7 Å². The number of nitrogens with zero attached hydrogens (tertiary/aromatic N) is 4. The van der Waals surface area contributed by atoms with E-state index in [0.717, 1.165) is 11.3 Å². The van der Waals surface area contributed by atoms with Gasteiger partial charge in [-0.3, -0.25) is 14.9 Å². The molecule has 9 heteroatoms. The molecule has 8 nitrogen and oxygen atoms in total. The summed E-state index contributed by atoms with van der Waals surface area (Å²) in [7, 11) is 0. The van der Waals surface area contributed by atoms with Gasteiger partial charge < -0.3 is 14.5 Å². The molecule has 154 valence electrons. The topological polar surface area (TPSA) is 88.8 Å². The highest BCUT2D eigenvalue weighted by Crippen LogP contribution is 2.22. The van der Waals surface area contributed by atoms with E-state index < -0.39 is 4.92 Å². The number of anilines is 1. The lowest BCUT2D eigenvalue weighted by Gasteiger charge is -2.35. The zero-order valence-corrected chi connectivity index (χ0v) is 17.0. The summed E-state index contributed by atoms with van der Waals surface area (Å²) in [5.41, 5.74) is 0.943. The maximum Gasteiger partial charge on any atom is 0.287 e. The summed E-state index contributed by atoms with van der Waals surface area (Å²) >= 11 is 5.93. The molecule has 0 spiro atoms. The number of ether oxygens (including phenoxy) is 1. The zero-order valence-electron chi connectivity index (χ0n) is 16.2. The Morgan fingerprint density at radius 3 is 2.62 bits per heavy atom. The van der Waals surface area contributed by atoms with Crippen LogP contribution in [0.2, 0.25) is 5.02 Å². The Balaban J connectivity index is 1.40. The van der Waals surface area contributed by atoms with Crippen molar-refractivity contribution in [3.63, 3.8) is 0 Å². The summed E-state index contributed by atoms with van der Waals surface area (Å²) in [5.74, 6) is 1.58. The van der Waals surface area contributed by atoms with E-state index in [0.29, 0.717) is 56.5 Å². The highest BCUT2D eigenvalue weighted by molar-refractivity contribution is 6.30. The van der Waals surface area contributed by atoms with Gasteiger partial charge in [-0.25, -0.2) is 4.98 Å². The van der Waals surface area contributed by atoms with Crippen LogP contribution >= 0.6 is 11.6 Å². The molecule has 0 unspecified atom stereocenters. The Morgan fingerprint density at radius 2 is 2.00 bits per heavy atom. The number of amides is 1. The maximum absolute atomic E-state index is 12.4. The number of piperazine rings is 1. The molecule has 29 heavy (non-hydrogen) atoms. The van der Waals surface area contributed by atoms with Crippen LogP contribution in [0, 0.1) is 17.0 Å². The van der Waals surface area contributed by atoms with E-state index in [9.17, 15) is 14.9 Å². The molecule has 0 radical (unpaired) electrons. The summed E-state index contributed by atoms with van der Waals surface area (Å²) in [6.07, 6.45) is 2.34. The van der Waals surface area contributed by atoms with E-state index >= 15 is 0 Å². The van der Waals surface area contributed by atoms with Crippen molar-refractivity contribution in [3.8, 4) is 5.75 Å². The van der Waals surface area contributed by atoms with Gasteiger partial charge in [-0.05, 0) is 43.2 Å². The fraction of sp³-hybridized carbons (Fsp3) is 0.400. The van der Waals surface area contributed by atoms with Crippen LogP contribution in [-0.2, 0) is 4.79 Å². The molecule has 1 aliphatic heterocycles. The van der Waals surface area contributed by atoms with Crippen LogP contribution in [0.5, 0.6) is 5.75 Å². The number of hydrogen-bond donors (Lipinski definition) is 0. The van der Waals surface area contributed by atoms with Crippen molar-refractivity contribution in [2.45, 2.75) is 19.8 Å². The SMILES string of the molecule is Cc1cc(Cl)ccc1OCCCC(=O)N1CCN(c2ccc([N+](=O)[O-])cn2)CC1. The Labute approximate surface area is 174 Å². The fourth-order valence-corrected chi connectivity index (χ4v) is 3.42. The minimum atomic E-state index is -0.467. The molecule has 0 bridgehead atoms. The van der Waals surface area contributed by atoms with E-state index in [4.69, 9.17) is 16.3 Å². The number of nitro groups is 1. The van der Waals surface area contributed by atoms with Gasteiger partial charge in [0.25, 0.3) is 5.69 Å². The second-order valence-corrected chi connectivity index (χ2v) is 7.30. The number of benzene rings is 1. The second kappa shape index (κ2) is 9.56. The van der Waals surface area contributed by atoms with E-state index in [2.05, 4.69) is 4.98 Å². The molecule has 1 aliphatic rings. The van der Waals surface area contributed by atoms with Gasteiger partial charge in [-0.1, -0.05) is 11.6 Å². The number of hydrogen-bond acceptors (Lipinski definition) is 6. The van der Waals surface area contributed by atoms with E-state index in [1.165, 1.54) is 12.3 Å². The van der Waals surface area contributed by atoms with Crippen LogP contribution in [0.3, 0.4) is 0 Å². The lowest BCUT2D eigenvalue weighted by Crippen LogP contribution is -2.49. The van der Waals surface area contributed by atoms with Crippen molar-refractivity contribution < 1.29 is 14.5 Å². The van der Waals surface area contributed by atoms with Crippen molar-refractivity contribution in [2.75, 3.05) is 37.7 Å². The van der Waals surface area contributed by atoms with Gasteiger partial charge in [-0.15, -0.1) is 0 Å². The molecule has 1 fully saturated rings. The molecule has 1 saturated heterocycles. The first kappa shape index (κ1) is 20.9. The predicted molar refractivity (Wildman–Crippen MR) is 111 cm³/mol. The van der Waals surface area contributed by atoms with Crippen LogP contribution in [0.1, 0.15) is 18.4 Å². The standard InChI is InChI=1S/C20H23ClN4O4/c1-15-13-16(21)4-6-18(15)29-12-2-3-20(26)24-10-8-23(9-11-24)19-7-5-17(14-22-19)25(27)28/h4-7,13-14H,2-3,8-12H2,1H3. The summed E-state index contributed by atoms with van der Waals surface area (Å²) in [4.78, 5) is 30.7. The number of aryl methyl sites for hydroxylation is 1. The van der Waals surface area contributed by atoms with Gasteiger partial charge in [0.05, 0.1) is 11.5 Å². The first-order valence-corrected chi connectivity index (χ1v) is 9.84. The number of halogens is 1. The first-order valence-electron chi connectivity index (χ1n) is 9.46. The van der Waals surface area contributed by atoms with Crippen molar-refractivity contribution in [1.29, 1.82) is 0 Å². The normalized spacial score (nSPS) is 14.0.